The van der Waals surface area contributed by atoms with E-state index < -0.39 is 12.0 Å². The van der Waals surface area contributed by atoms with E-state index in [1.54, 1.807) is 13.8 Å². The fourth-order valence-corrected chi connectivity index (χ4v) is 2.49. The third-order valence-corrected chi connectivity index (χ3v) is 4.27. The van der Waals surface area contributed by atoms with Crippen LogP contribution in [0.2, 0.25) is 0 Å². The Morgan fingerprint density at radius 1 is 0.806 bits per heavy atom. The zero-order valence-electron chi connectivity index (χ0n) is 19.2. The molecule has 8 N–H and O–H groups in total. The van der Waals surface area contributed by atoms with Crippen molar-refractivity contribution in [3.05, 3.63) is 12.3 Å². The number of rotatable bonds is 19. The number of nitrogens with two attached hydrogens (primary N) is 4. The topological polar surface area (TPSA) is 174 Å². The maximum Gasteiger partial charge on any atom is 0.322 e. The summed E-state index contributed by atoms with van der Waals surface area (Å²) in [6.07, 6.45) is 4.78. The molecular formula is C21H42N6O4. The van der Waals surface area contributed by atoms with Crippen LogP contribution < -0.4 is 22.9 Å². The van der Waals surface area contributed by atoms with E-state index in [-0.39, 0.29) is 19.3 Å². The van der Waals surface area contributed by atoms with Crippen LogP contribution in [0.15, 0.2) is 22.3 Å². The van der Waals surface area contributed by atoms with E-state index in [0.29, 0.717) is 50.2 Å². The molecule has 31 heavy (non-hydrogen) atoms. The van der Waals surface area contributed by atoms with Gasteiger partial charge >= 0.3 is 5.97 Å². The Morgan fingerprint density at radius 3 is 1.81 bits per heavy atom. The van der Waals surface area contributed by atoms with Crippen LogP contribution in [0.25, 0.3) is 0 Å². The predicted octanol–water partition coefficient (Wildman–Crippen LogP) is 0.826. The average Bonchev–Trinajstić information content (AvgIpc) is 2.71. The molecule has 10 nitrogen and oxygen atoms in total. The van der Waals surface area contributed by atoms with Gasteiger partial charge in [0, 0.05) is 13.1 Å². The fraction of sp³-hybridized carbons (Fsp3) is 0.762. The third-order valence-electron chi connectivity index (χ3n) is 4.27. The molecule has 0 bridgehead atoms. The quantitative estimate of drug-likeness (QED) is 0.0748. The zero-order valence-corrected chi connectivity index (χ0v) is 19.2. The minimum absolute atomic E-state index is 0.147. The van der Waals surface area contributed by atoms with Crippen LogP contribution >= 0.6 is 0 Å². The molecule has 0 radical (unpaired) electrons. The number of hydrogen-bond acceptors (Lipinski definition) is 8. The molecule has 0 aliphatic rings. The maximum absolute atomic E-state index is 11.8. The van der Waals surface area contributed by atoms with Gasteiger partial charge in [0.1, 0.15) is 25.0 Å². The van der Waals surface area contributed by atoms with Crippen LogP contribution in [0.4, 0.5) is 0 Å². The van der Waals surface area contributed by atoms with Crippen molar-refractivity contribution in [2.24, 2.45) is 32.9 Å². The van der Waals surface area contributed by atoms with E-state index in [4.69, 9.17) is 37.1 Å². The van der Waals surface area contributed by atoms with Gasteiger partial charge in [-0.3, -0.25) is 14.8 Å². The van der Waals surface area contributed by atoms with Crippen molar-refractivity contribution < 1.29 is 19.0 Å². The van der Waals surface area contributed by atoms with Crippen LogP contribution in [0.5, 0.6) is 0 Å². The lowest BCUT2D eigenvalue weighted by Crippen LogP contribution is -2.33. The first kappa shape index (κ1) is 28.8. The lowest BCUT2D eigenvalue weighted by atomic mass is 10.1. The minimum Gasteiger partial charge on any atom is -0.495 e. The molecular weight excluding hydrogens is 400 g/mol. The van der Waals surface area contributed by atoms with Gasteiger partial charge in [-0.1, -0.05) is 6.58 Å². The summed E-state index contributed by atoms with van der Waals surface area (Å²) in [4.78, 5) is 20.0. The predicted molar refractivity (Wildman–Crippen MR) is 125 cm³/mol. The first-order chi connectivity index (χ1) is 14.7. The summed E-state index contributed by atoms with van der Waals surface area (Å²) in [7, 11) is 0. The van der Waals surface area contributed by atoms with Gasteiger partial charge < -0.3 is 37.1 Å². The summed E-state index contributed by atoms with van der Waals surface area (Å²) in [5.41, 5.74) is 22.8. The van der Waals surface area contributed by atoms with Crippen molar-refractivity contribution in [1.82, 2.24) is 0 Å². The Labute approximate surface area is 186 Å². The number of nitrogens with zero attached hydrogens (tertiary/aromatic N) is 2. The first-order valence-electron chi connectivity index (χ1n) is 10.8. The van der Waals surface area contributed by atoms with Gasteiger partial charge in [-0.05, 0) is 52.4 Å². The Kier molecular flexibility index (Phi) is 17.3. The van der Waals surface area contributed by atoms with Gasteiger partial charge in [0.05, 0.1) is 30.9 Å². The second-order valence-corrected chi connectivity index (χ2v) is 7.35. The molecule has 0 saturated carbocycles. The molecule has 2 atom stereocenters. The van der Waals surface area contributed by atoms with Crippen molar-refractivity contribution >= 4 is 17.6 Å². The summed E-state index contributed by atoms with van der Waals surface area (Å²) in [5.74, 6) is 1.26. The van der Waals surface area contributed by atoms with Gasteiger partial charge in [0.15, 0.2) is 0 Å². The molecule has 2 unspecified atom stereocenters. The molecule has 0 aromatic carbocycles. The molecule has 0 aromatic heterocycles. The molecule has 10 heteroatoms. The van der Waals surface area contributed by atoms with Gasteiger partial charge in [-0.25, -0.2) is 0 Å². The van der Waals surface area contributed by atoms with E-state index >= 15 is 0 Å². The van der Waals surface area contributed by atoms with Crippen LogP contribution in [0.3, 0.4) is 0 Å². The second-order valence-electron chi connectivity index (χ2n) is 7.35. The highest BCUT2D eigenvalue weighted by atomic mass is 16.6. The van der Waals surface area contributed by atoms with Crippen LogP contribution in [0, 0.1) is 0 Å². The average molecular weight is 443 g/mol. The molecule has 0 fully saturated rings. The summed E-state index contributed by atoms with van der Waals surface area (Å²) in [6, 6.07) is -0.862. The van der Waals surface area contributed by atoms with Crippen molar-refractivity contribution in [2.75, 3.05) is 39.5 Å². The number of esters is 1. The molecule has 0 saturated heterocycles. The maximum atomic E-state index is 11.8. The molecule has 0 rings (SSSR count). The third kappa shape index (κ3) is 18.3. The summed E-state index contributed by atoms with van der Waals surface area (Å²) in [5, 5.41) is 0. The van der Waals surface area contributed by atoms with Crippen molar-refractivity contribution in [2.45, 2.75) is 64.5 Å². The number of amidine groups is 2. The smallest absolute Gasteiger partial charge is 0.322 e. The standard InChI is InChI=1S/C21H42N6O4/c1-16(19(24)8-4-6-10-26-17(2)22)30-14-12-29-13-15-31-21(28)20(25)9-5-7-11-27-18(3)23/h19-20H,1,4-15,24-25H2,2-3H3,(H2,22,26)(H2,23,27). The van der Waals surface area contributed by atoms with E-state index in [1.165, 1.54) is 0 Å². The lowest BCUT2D eigenvalue weighted by Gasteiger charge is -2.16. The summed E-state index contributed by atoms with van der Waals surface area (Å²) >= 11 is 0. The fourth-order valence-electron chi connectivity index (χ4n) is 2.49. The molecule has 180 valence electrons. The number of aliphatic imine (C=N–C) groups is 2. The van der Waals surface area contributed by atoms with Crippen molar-refractivity contribution in [3.8, 4) is 0 Å². The monoisotopic (exact) mass is 442 g/mol. The Balaban J connectivity index is 3.64. The largest absolute Gasteiger partial charge is 0.495 e. The van der Waals surface area contributed by atoms with Crippen molar-refractivity contribution in [3.63, 3.8) is 0 Å². The molecule has 0 heterocycles. The minimum atomic E-state index is -0.637. The molecule has 0 aliphatic heterocycles. The van der Waals surface area contributed by atoms with Crippen LogP contribution in [-0.2, 0) is 19.0 Å². The molecule has 0 aromatic rings. The van der Waals surface area contributed by atoms with E-state index in [1.807, 2.05) is 0 Å². The van der Waals surface area contributed by atoms with Gasteiger partial charge in [0.25, 0.3) is 0 Å². The van der Waals surface area contributed by atoms with Gasteiger partial charge in [-0.2, -0.15) is 0 Å². The number of ether oxygens (including phenoxy) is 3. The number of carbonyl (C=O) groups excluding carboxylic acids is 1. The zero-order chi connectivity index (χ0) is 23.5. The first-order valence-corrected chi connectivity index (χ1v) is 10.8. The highest BCUT2D eigenvalue weighted by Gasteiger charge is 2.14. The Hall–Kier alpha value is -2.17. The normalized spacial score (nSPS) is 14.2. The van der Waals surface area contributed by atoms with Gasteiger partial charge in [-0.15, -0.1) is 0 Å². The Morgan fingerprint density at radius 2 is 1.29 bits per heavy atom. The van der Waals surface area contributed by atoms with E-state index in [9.17, 15) is 4.79 Å². The number of carbonyl (C=O) groups is 1. The molecule has 0 spiro atoms. The second kappa shape index (κ2) is 18.6. The van der Waals surface area contributed by atoms with Crippen LogP contribution in [0.1, 0.15) is 52.4 Å². The highest BCUT2D eigenvalue weighted by Crippen LogP contribution is 2.08. The van der Waals surface area contributed by atoms with Crippen LogP contribution in [-0.4, -0.2) is 69.2 Å². The molecule has 0 amide bonds. The lowest BCUT2D eigenvalue weighted by molar-refractivity contribution is -0.147. The van der Waals surface area contributed by atoms with Gasteiger partial charge in [0.2, 0.25) is 0 Å². The summed E-state index contributed by atoms with van der Waals surface area (Å²) < 4.78 is 16.0. The van der Waals surface area contributed by atoms with E-state index in [0.717, 1.165) is 32.1 Å². The highest BCUT2D eigenvalue weighted by molar-refractivity contribution is 5.77. The van der Waals surface area contributed by atoms with Crippen molar-refractivity contribution in [1.29, 1.82) is 0 Å². The number of hydrogen-bond donors (Lipinski definition) is 4. The van der Waals surface area contributed by atoms with E-state index in [2.05, 4.69) is 16.6 Å². The SMILES string of the molecule is C=C(OCCOCCOC(=O)C(N)CCCCN=C(C)N)C(N)CCCCN=C(C)N. The summed E-state index contributed by atoms with van der Waals surface area (Å²) in [6.45, 7) is 9.81. The number of unbranched alkanes of at least 4 members (excludes halogenated alkanes) is 2. The molecule has 0 aliphatic carbocycles. The Bertz CT molecular complexity index is 512.